The monoisotopic (exact) mass is 272 g/mol. The van der Waals surface area contributed by atoms with Crippen molar-refractivity contribution in [3.8, 4) is 0 Å². The highest BCUT2D eigenvalue weighted by Crippen LogP contribution is 2.35. The minimum atomic E-state index is 0.209. The van der Waals surface area contributed by atoms with Crippen LogP contribution in [0, 0.1) is 11.8 Å². The fourth-order valence-electron chi connectivity index (χ4n) is 3.60. The van der Waals surface area contributed by atoms with E-state index in [1.54, 1.807) is 0 Å². The van der Waals surface area contributed by atoms with Crippen LogP contribution in [0.3, 0.4) is 0 Å². The van der Waals surface area contributed by atoms with Gasteiger partial charge in [-0.15, -0.1) is 0 Å². The standard InChI is InChI=1S/C17H24N2O/c1-12-10-14-4-2-3-5-15(14)17(12)19-16(20)11-13-6-8-18-9-7-13/h2-5,12-13,17-18H,6-11H2,1H3,(H,19,20). The van der Waals surface area contributed by atoms with Crippen molar-refractivity contribution in [2.45, 2.75) is 38.6 Å². The molecule has 108 valence electrons. The molecule has 3 rings (SSSR count). The van der Waals surface area contributed by atoms with Crippen molar-refractivity contribution in [2.75, 3.05) is 13.1 Å². The Morgan fingerprint density at radius 3 is 2.85 bits per heavy atom. The maximum atomic E-state index is 12.3. The van der Waals surface area contributed by atoms with Crippen molar-refractivity contribution in [1.29, 1.82) is 0 Å². The molecule has 3 nitrogen and oxygen atoms in total. The number of nitrogens with one attached hydrogen (secondary N) is 2. The fourth-order valence-corrected chi connectivity index (χ4v) is 3.60. The van der Waals surface area contributed by atoms with E-state index in [0.717, 1.165) is 32.4 Å². The van der Waals surface area contributed by atoms with E-state index in [1.165, 1.54) is 11.1 Å². The first kappa shape index (κ1) is 13.6. The lowest BCUT2D eigenvalue weighted by Crippen LogP contribution is -2.34. The molecule has 2 atom stereocenters. The normalized spacial score (nSPS) is 26.2. The molecule has 1 aliphatic heterocycles. The van der Waals surface area contributed by atoms with Crippen molar-refractivity contribution in [2.24, 2.45) is 11.8 Å². The first-order valence-electron chi connectivity index (χ1n) is 7.82. The smallest absolute Gasteiger partial charge is 0.220 e. The van der Waals surface area contributed by atoms with Crippen molar-refractivity contribution >= 4 is 5.91 Å². The van der Waals surface area contributed by atoms with Crippen LogP contribution in [0.5, 0.6) is 0 Å². The number of rotatable bonds is 3. The molecule has 1 fully saturated rings. The Labute approximate surface area is 121 Å². The van der Waals surface area contributed by atoms with Gasteiger partial charge in [0.05, 0.1) is 6.04 Å². The molecule has 1 heterocycles. The van der Waals surface area contributed by atoms with Crippen LogP contribution >= 0.6 is 0 Å². The summed E-state index contributed by atoms with van der Waals surface area (Å²) < 4.78 is 0. The van der Waals surface area contributed by atoms with E-state index in [1.807, 2.05) is 0 Å². The fraction of sp³-hybridized carbons (Fsp3) is 0.588. The Bertz CT molecular complexity index is 480. The van der Waals surface area contributed by atoms with E-state index in [2.05, 4.69) is 41.8 Å². The largest absolute Gasteiger partial charge is 0.349 e. The topological polar surface area (TPSA) is 41.1 Å². The number of benzene rings is 1. The van der Waals surface area contributed by atoms with Crippen LogP contribution in [0.2, 0.25) is 0 Å². The van der Waals surface area contributed by atoms with Crippen LogP contribution in [0.1, 0.15) is 43.4 Å². The molecule has 1 saturated heterocycles. The summed E-state index contributed by atoms with van der Waals surface area (Å²) in [5, 5.41) is 6.62. The van der Waals surface area contributed by atoms with E-state index in [4.69, 9.17) is 0 Å². The molecule has 0 bridgehead atoms. The summed E-state index contributed by atoms with van der Waals surface area (Å²) >= 11 is 0. The number of fused-ring (bicyclic) bond motifs is 1. The Kier molecular flexibility index (Phi) is 4.06. The molecule has 1 aromatic carbocycles. The molecule has 3 heteroatoms. The molecule has 0 spiro atoms. The van der Waals surface area contributed by atoms with E-state index >= 15 is 0 Å². The predicted molar refractivity (Wildman–Crippen MR) is 80.4 cm³/mol. The Morgan fingerprint density at radius 1 is 1.30 bits per heavy atom. The molecule has 2 aliphatic rings. The molecule has 2 N–H and O–H groups in total. The predicted octanol–water partition coefficient (Wildman–Crippen LogP) is 2.43. The molecule has 1 amide bonds. The highest BCUT2D eigenvalue weighted by molar-refractivity contribution is 5.77. The van der Waals surface area contributed by atoms with Gasteiger partial charge >= 0.3 is 0 Å². The molecule has 1 aliphatic carbocycles. The van der Waals surface area contributed by atoms with Crippen LogP contribution < -0.4 is 10.6 Å². The molecule has 2 unspecified atom stereocenters. The van der Waals surface area contributed by atoms with Crippen LogP contribution in [-0.4, -0.2) is 19.0 Å². The molecule has 20 heavy (non-hydrogen) atoms. The Hall–Kier alpha value is -1.35. The van der Waals surface area contributed by atoms with Gasteiger partial charge in [-0.2, -0.15) is 0 Å². The summed E-state index contributed by atoms with van der Waals surface area (Å²) in [5.74, 6) is 1.29. The number of carbonyl (C=O) groups excluding carboxylic acids is 1. The second-order valence-corrected chi connectivity index (χ2v) is 6.32. The number of carbonyl (C=O) groups is 1. The van der Waals surface area contributed by atoms with Gasteiger partial charge in [0.1, 0.15) is 0 Å². The quantitative estimate of drug-likeness (QED) is 0.887. The van der Waals surface area contributed by atoms with Gasteiger partial charge in [0.2, 0.25) is 5.91 Å². The average Bonchev–Trinajstić information content (AvgIpc) is 2.76. The van der Waals surface area contributed by atoms with E-state index in [-0.39, 0.29) is 11.9 Å². The summed E-state index contributed by atoms with van der Waals surface area (Å²) in [5.41, 5.74) is 2.71. The Morgan fingerprint density at radius 2 is 2.05 bits per heavy atom. The van der Waals surface area contributed by atoms with Gasteiger partial charge in [-0.3, -0.25) is 4.79 Å². The summed E-state index contributed by atoms with van der Waals surface area (Å²) in [6.45, 7) is 4.34. The number of amides is 1. The van der Waals surface area contributed by atoms with Crippen LogP contribution in [0.4, 0.5) is 0 Å². The molecule has 0 aromatic heterocycles. The van der Waals surface area contributed by atoms with Gasteiger partial charge in [-0.05, 0) is 55.3 Å². The zero-order chi connectivity index (χ0) is 13.9. The lowest BCUT2D eigenvalue weighted by molar-refractivity contribution is -0.123. The summed E-state index contributed by atoms with van der Waals surface area (Å²) in [7, 11) is 0. The summed E-state index contributed by atoms with van der Waals surface area (Å²) in [4.78, 5) is 12.3. The van der Waals surface area contributed by atoms with Gasteiger partial charge in [0, 0.05) is 6.42 Å². The van der Waals surface area contributed by atoms with Crippen molar-refractivity contribution in [3.05, 3.63) is 35.4 Å². The highest BCUT2D eigenvalue weighted by atomic mass is 16.1. The van der Waals surface area contributed by atoms with Crippen molar-refractivity contribution in [3.63, 3.8) is 0 Å². The maximum absolute atomic E-state index is 12.3. The second kappa shape index (κ2) is 5.96. The maximum Gasteiger partial charge on any atom is 0.220 e. The van der Waals surface area contributed by atoms with Gasteiger partial charge in [-0.25, -0.2) is 0 Å². The number of piperidine rings is 1. The van der Waals surface area contributed by atoms with Crippen LogP contribution in [0.25, 0.3) is 0 Å². The minimum absolute atomic E-state index is 0.209. The zero-order valence-corrected chi connectivity index (χ0v) is 12.2. The van der Waals surface area contributed by atoms with Gasteiger partial charge in [-0.1, -0.05) is 31.2 Å². The van der Waals surface area contributed by atoms with Crippen molar-refractivity contribution in [1.82, 2.24) is 10.6 Å². The highest BCUT2D eigenvalue weighted by Gasteiger charge is 2.30. The molecule has 1 aromatic rings. The second-order valence-electron chi connectivity index (χ2n) is 6.32. The summed E-state index contributed by atoms with van der Waals surface area (Å²) in [6.07, 6.45) is 4.02. The molecule has 0 radical (unpaired) electrons. The summed E-state index contributed by atoms with van der Waals surface area (Å²) in [6, 6.07) is 8.72. The third-order valence-electron chi connectivity index (χ3n) is 4.75. The van der Waals surface area contributed by atoms with Crippen molar-refractivity contribution < 1.29 is 4.79 Å². The SMILES string of the molecule is CC1Cc2ccccc2C1NC(=O)CC1CCNCC1. The molecular formula is C17H24N2O. The lowest BCUT2D eigenvalue weighted by atomic mass is 9.93. The lowest BCUT2D eigenvalue weighted by Gasteiger charge is -2.24. The first-order valence-corrected chi connectivity index (χ1v) is 7.82. The zero-order valence-electron chi connectivity index (χ0n) is 12.2. The van der Waals surface area contributed by atoms with E-state index in [9.17, 15) is 4.79 Å². The van der Waals surface area contributed by atoms with Gasteiger partial charge < -0.3 is 10.6 Å². The number of hydrogen-bond donors (Lipinski definition) is 2. The molecular weight excluding hydrogens is 248 g/mol. The van der Waals surface area contributed by atoms with Gasteiger partial charge in [0.25, 0.3) is 0 Å². The Balaban J connectivity index is 1.61. The van der Waals surface area contributed by atoms with E-state index < -0.39 is 0 Å². The minimum Gasteiger partial charge on any atom is -0.349 e. The first-order chi connectivity index (χ1) is 9.74. The number of hydrogen-bond acceptors (Lipinski definition) is 2. The van der Waals surface area contributed by atoms with E-state index in [0.29, 0.717) is 18.3 Å². The average molecular weight is 272 g/mol. The van der Waals surface area contributed by atoms with Gasteiger partial charge in [0.15, 0.2) is 0 Å². The third kappa shape index (κ3) is 2.88. The van der Waals surface area contributed by atoms with Crippen LogP contribution in [-0.2, 0) is 11.2 Å². The van der Waals surface area contributed by atoms with Crippen LogP contribution in [0.15, 0.2) is 24.3 Å². The molecule has 0 saturated carbocycles. The third-order valence-corrected chi connectivity index (χ3v) is 4.75.